The van der Waals surface area contributed by atoms with E-state index in [9.17, 15) is 4.79 Å². The lowest BCUT2D eigenvalue weighted by Gasteiger charge is -2.12. The lowest BCUT2D eigenvalue weighted by atomic mass is 10.0. The van der Waals surface area contributed by atoms with E-state index in [1.165, 1.54) is 25.3 Å². The highest BCUT2D eigenvalue weighted by molar-refractivity contribution is 5.81. The second-order valence-corrected chi connectivity index (χ2v) is 4.79. The maximum Gasteiger partial charge on any atom is 0.330 e. The van der Waals surface area contributed by atoms with Crippen molar-refractivity contribution < 1.29 is 9.53 Å². The zero-order valence-corrected chi connectivity index (χ0v) is 11.7. The third kappa shape index (κ3) is 11.4. The van der Waals surface area contributed by atoms with E-state index >= 15 is 0 Å². The smallest absolute Gasteiger partial charge is 0.330 e. The normalized spacial score (nSPS) is 13.2. The number of carbonyl (C=O) groups is 1. The molecule has 0 aromatic heterocycles. The summed E-state index contributed by atoms with van der Waals surface area (Å²) in [5, 5.41) is 3.36. The van der Waals surface area contributed by atoms with Gasteiger partial charge in [-0.25, -0.2) is 4.79 Å². The maximum absolute atomic E-state index is 11.0. The van der Waals surface area contributed by atoms with E-state index in [0.717, 1.165) is 12.5 Å². The Bertz CT molecular complexity index is 224. The van der Waals surface area contributed by atoms with E-state index < -0.39 is 0 Å². The van der Waals surface area contributed by atoms with Crippen molar-refractivity contribution in [3.05, 3.63) is 12.2 Å². The Hall–Kier alpha value is -0.830. The van der Waals surface area contributed by atoms with Crippen LogP contribution in [-0.2, 0) is 9.53 Å². The van der Waals surface area contributed by atoms with Crippen molar-refractivity contribution in [2.75, 3.05) is 13.2 Å². The molecule has 3 nitrogen and oxygen atoms in total. The van der Waals surface area contributed by atoms with Crippen molar-refractivity contribution in [2.45, 2.75) is 53.0 Å². The molecular weight excluding hydrogens is 214 g/mol. The van der Waals surface area contributed by atoms with Gasteiger partial charge >= 0.3 is 5.97 Å². The number of ether oxygens (including phenoxy) is 1. The minimum atomic E-state index is -0.262. The fourth-order valence-electron chi connectivity index (χ4n) is 1.55. The van der Waals surface area contributed by atoms with Crippen LogP contribution in [0.15, 0.2) is 12.2 Å². The number of nitrogens with one attached hydrogen (secondary N) is 1. The zero-order valence-electron chi connectivity index (χ0n) is 11.7. The van der Waals surface area contributed by atoms with Crippen LogP contribution < -0.4 is 5.32 Å². The molecule has 1 N–H and O–H groups in total. The van der Waals surface area contributed by atoms with E-state index in [1.807, 2.05) is 6.08 Å². The molecule has 0 aromatic carbocycles. The highest BCUT2D eigenvalue weighted by Crippen LogP contribution is 2.07. The molecule has 0 fully saturated rings. The van der Waals surface area contributed by atoms with Gasteiger partial charge in [0.2, 0.25) is 0 Å². The van der Waals surface area contributed by atoms with E-state index in [1.54, 1.807) is 6.92 Å². The highest BCUT2D eigenvalue weighted by Gasteiger charge is 2.01. The fraction of sp³-hybridized carbons (Fsp3) is 0.786. The van der Waals surface area contributed by atoms with Gasteiger partial charge in [0.25, 0.3) is 0 Å². The van der Waals surface area contributed by atoms with Crippen molar-refractivity contribution in [3.8, 4) is 0 Å². The van der Waals surface area contributed by atoms with Crippen molar-refractivity contribution >= 4 is 5.97 Å². The molecule has 100 valence electrons. The molecule has 1 atom stereocenters. The first-order chi connectivity index (χ1) is 8.06. The molecule has 17 heavy (non-hydrogen) atoms. The van der Waals surface area contributed by atoms with Gasteiger partial charge in [-0.2, -0.15) is 0 Å². The molecule has 0 radical (unpaired) electrons. The standard InChI is InChI=1S/C14H27NO2/c1-5-17-14(16)10-7-11-15-13(4)9-6-8-12(2)3/h7,10,12-13,15H,5-6,8-9,11H2,1-4H3/b10-7+. The molecule has 0 heterocycles. The van der Waals surface area contributed by atoms with Crippen LogP contribution in [0.1, 0.15) is 47.0 Å². The largest absolute Gasteiger partial charge is 0.463 e. The Morgan fingerprint density at radius 2 is 2.00 bits per heavy atom. The van der Waals surface area contributed by atoms with E-state index in [-0.39, 0.29) is 5.97 Å². The van der Waals surface area contributed by atoms with Gasteiger partial charge in [0, 0.05) is 18.7 Å². The molecule has 0 bridgehead atoms. The molecular formula is C14H27NO2. The molecule has 0 spiro atoms. The zero-order chi connectivity index (χ0) is 13.1. The number of hydrogen-bond acceptors (Lipinski definition) is 3. The van der Waals surface area contributed by atoms with Gasteiger partial charge in [0.15, 0.2) is 0 Å². The van der Waals surface area contributed by atoms with E-state index in [0.29, 0.717) is 12.6 Å². The summed E-state index contributed by atoms with van der Waals surface area (Å²) in [6.07, 6.45) is 7.03. The summed E-state index contributed by atoms with van der Waals surface area (Å²) in [5.41, 5.74) is 0. The van der Waals surface area contributed by atoms with Crippen LogP contribution in [0.3, 0.4) is 0 Å². The summed E-state index contributed by atoms with van der Waals surface area (Å²) >= 11 is 0. The number of hydrogen-bond donors (Lipinski definition) is 1. The fourth-order valence-corrected chi connectivity index (χ4v) is 1.55. The Morgan fingerprint density at radius 1 is 1.29 bits per heavy atom. The van der Waals surface area contributed by atoms with Crippen LogP contribution in [0.4, 0.5) is 0 Å². The number of rotatable bonds is 9. The van der Waals surface area contributed by atoms with Gasteiger partial charge in [-0.15, -0.1) is 0 Å². The predicted octanol–water partition coefficient (Wildman–Crippen LogP) is 2.91. The lowest BCUT2D eigenvalue weighted by molar-refractivity contribution is -0.137. The molecule has 0 aliphatic heterocycles. The minimum absolute atomic E-state index is 0.262. The average molecular weight is 241 g/mol. The third-order valence-corrected chi connectivity index (χ3v) is 2.54. The SMILES string of the molecule is CCOC(=O)/C=C/CNC(C)CCCC(C)C. The minimum Gasteiger partial charge on any atom is -0.463 e. The van der Waals surface area contributed by atoms with Crippen LogP contribution in [0.5, 0.6) is 0 Å². The van der Waals surface area contributed by atoms with Gasteiger partial charge in [-0.1, -0.05) is 32.8 Å². The van der Waals surface area contributed by atoms with E-state index in [4.69, 9.17) is 4.74 Å². The van der Waals surface area contributed by atoms with E-state index in [2.05, 4.69) is 26.1 Å². The summed E-state index contributed by atoms with van der Waals surface area (Å²) < 4.78 is 4.79. The van der Waals surface area contributed by atoms with Crippen molar-refractivity contribution in [2.24, 2.45) is 5.92 Å². The molecule has 0 aliphatic rings. The first-order valence-electron chi connectivity index (χ1n) is 6.63. The van der Waals surface area contributed by atoms with Crippen LogP contribution >= 0.6 is 0 Å². The predicted molar refractivity (Wildman–Crippen MR) is 71.9 cm³/mol. The van der Waals surface area contributed by atoms with Crippen molar-refractivity contribution in [1.82, 2.24) is 5.32 Å². The summed E-state index contributed by atoms with van der Waals surface area (Å²) in [6, 6.07) is 0.501. The summed E-state index contributed by atoms with van der Waals surface area (Å²) in [6.45, 7) is 9.64. The first-order valence-corrected chi connectivity index (χ1v) is 6.63. The molecule has 1 unspecified atom stereocenters. The van der Waals surface area contributed by atoms with Crippen LogP contribution in [-0.4, -0.2) is 25.2 Å². The van der Waals surface area contributed by atoms with Crippen molar-refractivity contribution in [3.63, 3.8) is 0 Å². The van der Waals surface area contributed by atoms with Gasteiger partial charge in [0.05, 0.1) is 6.61 Å². The van der Waals surface area contributed by atoms with Crippen LogP contribution in [0.25, 0.3) is 0 Å². The summed E-state index contributed by atoms with van der Waals surface area (Å²) in [4.78, 5) is 11.0. The van der Waals surface area contributed by atoms with Gasteiger partial charge < -0.3 is 10.1 Å². The van der Waals surface area contributed by atoms with Gasteiger partial charge in [-0.3, -0.25) is 0 Å². The summed E-state index contributed by atoms with van der Waals surface area (Å²) in [5.74, 6) is 0.521. The quantitative estimate of drug-likeness (QED) is 0.498. The molecule has 0 rings (SSSR count). The maximum atomic E-state index is 11.0. The molecule has 0 saturated heterocycles. The average Bonchev–Trinajstić information content (AvgIpc) is 2.24. The second kappa shape index (κ2) is 10.3. The molecule has 0 aliphatic carbocycles. The van der Waals surface area contributed by atoms with Crippen molar-refractivity contribution in [1.29, 1.82) is 0 Å². The Balaban J connectivity index is 3.50. The number of carbonyl (C=O) groups excluding carboxylic acids is 1. The molecule has 0 saturated carbocycles. The first kappa shape index (κ1) is 16.2. The molecule has 3 heteroatoms. The lowest BCUT2D eigenvalue weighted by Crippen LogP contribution is -2.26. The van der Waals surface area contributed by atoms with Gasteiger partial charge in [0.1, 0.15) is 0 Å². The Labute approximate surface area is 106 Å². The monoisotopic (exact) mass is 241 g/mol. The van der Waals surface area contributed by atoms with Crippen LogP contribution in [0.2, 0.25) is 0 Å². The van der Waals surface area contributed by atoms with Crippen LogP contribution in [0, 0.1) is 5.92 Å². The van der Waals surface area contributed by atoms with Gasteiger partial charge in [-0.05, 0) is 26.2 Å². The topological polar surface area (TPSA) is 38.3 Å². The molecule has 0 aromatic rings. The Morgan fingerprint density at radius 3 is 2.59 bits per heavy atom. The number of esters is 1. The molecule has 0 amide bonds. The third-order valence-electron chi connectivity index (χ3n) is 2.54. The highest BCUT2D eigenvalue weighted by atomic mass is 16.5. The Kier molecular flexibility index (Phi) is 9.83. The summed E-state index contributed by atoms with van der Waals surface area (Å²) in [7, 11) is 0. The second-order valence-electron chi connectivity index (χ2n) is 4.79.